The van der Waals surface area contributed by atoms with E-state index in [0.717, 1.165) is 58.2 Å². The fourth-order valence-corrected chi connectivity index (χ4v) is 5.09. The molecule has 9 heteroatoms. The van der Waals surface area contributed by atoms with Gasteiger partial charge in [0.15, 0.2) is 0 Å². The summed E-state index contributed by atoms with van der Waals surface area (Å²) in [7, 11) is 0. The van der Waals surface area contributed by atoms with Crippen molar-refractivity contribution < 1.29 is 13.9 Å². The Morgan fingerprint density at radius 2 is 2.08 bits per heavy atom. The average Bonchev–Trinajstić information content (AvgIpc) is 2.96. The first-order valence-corrected chi connectivity index (χ1v) is 12.7. The number of aromatic amines is 1. The van der Waals surface area contributed by atoms with Gasteiger partial charge in [0.2, 0.25) is 5.56 Å². The van der Waals surface area contributed by atoms with Gasteiger partial charge in [-0.1, -0.05) is 18.2 Å². The van der Waals surface area contributed by atoms with Gasteiger partial charge in [-0.05, 0) is 42.8 Å². The highest BCUT2D eigenvalue weighted by Crippen LogP contribution is 2.43. The quantitative estimate of drug-likeness (QED) is 0.327. The van der Waals surface area contributed by atoms with Crippen molar-refractivity contribution >= 4 is 11.4 Å². The number of rotatable bonds is 6. The number of anilines is 2. The highest BCUT2D eigenvalue weighted by molar-refractivity contribution is 5.59. The summed E-state index contributed by atoms with van der Waals surface area (Å²) in [6.45, 7) is 3.28. The molecule has 2 unspecified atom stereocenters. The zero-order valence-electron chi connectivity index (χ0n) is 21.0. The molecule has 194 valence electrons. The fraction of sp³-hybridized carbons (Fsp3) is 0.276. The molecule has 2 aliphatic rings. The number of aromatic nitrogens is 3. The molecule has 0 radical (unpaired) electrons. The van der Waals surface area contributed by atoms with Crippen LogP contribution in [-0.2, 0) is 17.8 Å². The minimum absolute atomic E-state index is 0.114. The van der Waals surface area contributed by atoms with Gasteiger partial charge >= 0.3 is 0 Å². The predicted molar refractivity (Wildman–Crippen MR) is 143 cm³/mol. The predicted octanol–water partition coefficient (Wildman–Crippen LogP) is 5.08. The molecule has 0 aliphatic carbocycles. The Morgan fingerprint density at radius 3 is 2.95 bits per heavy atom. The molecule has 0 amide bonds. The number of halogens is 1. The lowest BCUT2D eigenvalue weighted by Gasteiger charge is -2.36. The van der Waals surface area contributed by atoms with Gasteiger partial charge < -0.3 is 24.7 Å². The molecule has 1 saturated heterocycles. The van der Waals surface area contributed by atoms with E-state index >= 15 is 0 Å². The second-order valence-corrected chi connectivity index (χ2v) is 9.59. The van der Waals surface area contributed by atoms with Gasteiger partial charge in [-0.15, -0.1) is 0 Å². The molecule has 4 heterocycles. The summed E-state index contributed by atoms with van der Waals surface area (Å²) in [6, 6.07) is 17.3. The second-order valence-electron chi connectivity index (χ2n) is 9.59. The summed E-state index contributed by atoms with van der Waals surface area (Å²) < 4.78 is 25.6. The van der Waals surface area contributed by atoms with Crippen LogP contribution in [0.4, 0.5) is 15.8 Å². The maximum absolute atomic E-state index is 13.0. The number of fused-ring (bicyclic) bond motifs is 2. The lowest BCUT2D eigenvalue weighted by molar-refractivity contribution is 0.0384. The molecular formula is C29H28FN5O3. The second kappa shape index (κ2) is 10.3. The Morgan fingerprint density at radius 1 is 1.16 bits per heavy atom. The summed E-state index contributed by atoms with van der Waals surface area (Å²) in [6.07, 6.45) is 3.62. The van der Waals surface area contributed by atoms with Crippen molar-refractivity contribution in [1.82, 2.24) is 15.0 Å². The van der Waals surface area contributed by atoms with Crippen molar-refractivity contribution in [1.29, 1.82) is 0 Å². The van der Waals surface area contributed by atoms with Crippen LogP contribution in [0.3, 0.4) is 0 Å². The largest absolute Gasteiger partial charge is 0.456 e. The minimum atomic E-state index is -0.615. The lowest BCUT2D eigenvalue weighted by Crippen LogP contribution is -2.39. The average molecular weight is 514 g/mol. The maximum atomic E-state index is 13.0. The van der Waals surface area contributed by atoms with Crippen LogP contribution >= 0.6 is 0 Å². The van der Waals surface area contributed by atoms with Gasteiger partial charge in [-0.2, -0.15) is 0 Å². The van der Waals surface area contributed by atoms with E-state index in [9.17, 15) is 9.18 Å². The van der Waals surface area contributed by atoms with E-state index in [4.69, 9.17) is 9.47 Å². The zero-order chi connectivity index (χ0) is 26.1. The molecule has 2 atom stereocenters. The van der Waals surface area contributed by atoms with Gasteiger partial charge in [-0.3, -0.25) is 4.79 Å². The third-order valence-electron chi connectivity index (χ3n) is 7.03. The molecular weight excluding hydrogens is 485 g/mol. The minimum Gasteiger partial charge on any atom is -0.456 e. The Labute approximate surface area is 219 Å². The summed E-state index contributed by atoms with van der Waals surface area (Å²) in [4.78, 5) is 24.9. The summed E-state index contributed by atoms with van der Waals surface area (Å²) in [5.41, 5.74) is 5.99. The van der Waals surface area contributed by atoms with Crippen LogP contribution in [0.25, 0.3) is 0 Å². The third kappa shape index (κ3) is 4.84. The molecule has 38 heavy (non-hydrogen) atoms. The summed E-state index contributed by atoms with van der Waals surface area (Å²) in [5.74, 6) is 1.65. The van der Waals surface area contributed by atoms with Crippen molar-refractivity contribution in [3.8, 4) is 11.5 Å². The van der Waals surface area contributed by atoms with Crippen LogP contribution in [0, 0.1) is 0 Å². The first-order chi connectivity index (χ1) is 18.6. The van der Waals surface area contributed by atoms with Gasteiger partial charge in [0.1, 0.15) is 30.6 Å². The van der Waals surface area contributed by atoms with Crippen LogP contribution in [0.1, 0.15) is 47.1 Å². The summed E-state index contributed by atoms with van der Waals surface area (Å²) in [5, 5.41) is 3.45. The first-order valence-electron chi connectivity index (χ1n) is 12.7. The topological polar surface area (TPSA) is 92.4 Å². The van der Waals surface area contributed by atoms with Crippen molar-refractivity contribution in [3.05, 3.63) is 106 Å². The Hall–Kier alpha value is -4.24. The monoisotopic (exact) mass is 513 g/mol. The number of nitrogens with one attached hydrogen (secondary N) is 2. The number of hydrogen-bond donors (Lipinski definition) is 2. The van der Waals surface area contributed by atoms with E-state index in [0.29, 0.717) is 18.8 Å². The van der Waals surface area contributed by atoms with E-state index < -0.39 is 6.67 Å². The van der Waals surface area contributed by atoms with Gasteiger partial charge in [0, 0.05) is 54.3 Å². The Balaban J connectivity index is 1.21. The number of benzene rings is 2. The van der Waals surface area contributed by atoms with Gasteiger partial charge in [0.05, 0.1) is 24.0 Å². The van der Waals surface area contributed by atoms with E-state index in [2.05, 4.69) is 43.4 Å². The fourth-order valence-electron chi connectivity index (χ4n) is 5.09. The molecule has 4 aromatic rings. The number of ether oxygens (including phenoxy) is 2. The molecule has 0 spiro atoms. The molecule has 0 saturated carbocycles. The molecule has 2 aliphatic heterocycles. The van der Waals surface area contributed by atoms with E-state index in [1.165, 1.54) is 6.33 Å². The molecule has 1 fully saturated rings. The third-order valence-corrected chi connectivity index (χ3v) is 7.03. The normalized spacial score (nSPS) is 17.2. The van der Waals surface area contributed by atoms with Gasteiger partial charge in [0.25, 0.3) is 0 Å². The van der Waals surface area contributed by atoms with E-state index in [-0.39, 0.29) is 17.7 Å². The molecule has 6 rings (SSSR count). The van der Waals surface area contributed by atoms with Gasteiger partial charge in [-0.25, -0.2) is 14.4 Å². The number of para-hydroxylation sites is 1. The highest BCUT2D eigenvalue weighted by atomic mass is 19.1. The number of pyridine rings is 1. The molecule has 2 N–H and O–H groups in total. The summed E-state index contributed by atoms with van der Waals surface area (Å²) >= 11 is 0. The van der Waals surface area contributed by atoms with E-state index in [1.54, 1.807) is 18.3 Å². The van der Waals surface area contributed by atoms with Crippen molar-refractivity contribution in [2.75, 3.05) is 29.9 Å². The smallest absolute Gasteiger partial charge is 0.249 e. The van der Waals surface area contributed by atoms with Crippen molar-refractivity contribution in [2.24, 2.45) is 0 Å². The SMILES string of the molecule is CC(Nc1ccc2c(c1)Cc1cccc(C3CN(c4cc[nH]c(=O)c4)CCO3)c1O2)c1cc(CF)ncn1. The highest BCUT2D eigenvalue weighted by Gasteiger charge is 2.29. The zero-order valence-corrected chi connectivity index (χ0v) is 21.0. The molecule has 2 aromatic heterocycles. The number of alkyl halides is 1. The van der Waals surface area contributed by atoms with Crippen LogP contribution in [0.2, 0.25) is 0 Å². The number of hydrogen-bond acceptors (Lipinski definition) is 7. The maximum Gasteiger partial charge on any atom is 0.249 e. The first kappa shape index (κ1) is 24.1. The van der Waals surface area contributed by atoms with Crippen LogP contribution in [0.15, 0.2) is 71.9 Å². The molecule has 0 bridgehead atoms. The van der Waals surface area contributed by atoms with Crippen LogP contribution < -0.4 is 20.5 Å². The van der Waals surface area contributed by atoms with Crippen molar-refractivity contribution in [3.63, 3.8) is 0 Å². The van der Waals surface area contributed by atoms with Crippen molar-refractivity contribution in [2.45, 2.75) is 32.2 Å². The van der Waals surface area contributed by atoms with E-state index in [1.807, 2.05) is 31.2 Å². The Bertz CT molecular complexity index is 1520. The van der Waals surface area contributed by atoms with Crippen LogP contribution in [0.5, 0.6) is 11.5 Å². The lowest BCUT2D eigenvalue weighted by atomic mass is 9.95. The van der Waals surface area contributed by atoms with Crippen LogP contribution in [-0.4, -0.2) is 34.6 Å². The Kier molecular flexibility index (Phi) is 6.51. The number of morpholine rings is 1. The number of nitrogens with zero attached hydrogens (tertiary/aromatic N) is 3. The number of H-pyrrole nitrogens is 1. The molecule has 8 nitrogen and oxygen atoms in total. The molecule has 2 aromatic carbocycles. The standard InChI is InChI=1S/C29H28FN5O3/c1-18(25-13-22(15-30)32-17-33-25)34-21-5-6-26-20(12-21)11-19-3-2-4-24(29(19)38-26)27-16-35(9-10-37-27)23-7-8-31-28(36)14-23/h2-8,12-14,17-18,27,34H,9-11,15-16H2,1H3,(H,31,36).